The number of carbonyl (C=O) groups excluding carboxylic acids is 7. The highest BCUT2D eigenvalue weighted by atomic mass is 16.7. The van der Waals surface area contributed by atoms with Crippen LogP contribution < -0.4 is 5.32 Å². The largest absolute Gasteiger partial charge is 0.459 e. The van der Waals surface area contributed by atoms with Gasteiger partial charge in [0.05, 0.1) is 102 Å². The molecule has 4 aliphatic heterocycles. The predicted molar refractivity (Wildman–Crippen MR) is 430 cm³/mol. The lowest BCUT2D eigenvalue weighted by Gasteiger charge is -2.67. The lowest BCUT2D eigenvalue weighted by atomic mass is 9.44. The van der Waals surface area contributed by atoms with Gasteiger partial charge >= 0.3 is 29.8 Å². The van der Waals surface area contributed by atoms with Crippen molar-refractivity contribution < 1.29 is 141 Å². The van der Waals surface area contributed by atoms with Crippen molar-refractivity contribution in [2.75, 3.05) is 54.9 Å². The van der Waals surface area contributed by atoms with Gasteiger partial charge in [0.15, 0.2) is 36.2 Å². The van der Waals surface area contributed by atoms with Gasteiger partial charge in [-0.25, -0.2) is 9.59 Å². The van der Waals surface area contributed by atoms with Gasteiger partial charge in [-0.3, -0.25) is 24.0 Å². The molecule has 0 radical (unpaired) electrons. The quantitative estimate of drug-likeness (QED) is 0.0132. The molecular formula is C88H127N3O29. The summed E-state index contributed by atoms with van der Waals surface area (Å²) in [6.07, 6.45) is -20.0. The maximum atomic E-state index is 15.5. The Hall–Kier alpha value is -7.32. The van der Waals surface area contributed by atoms with Crippen molar-refractivity contribution in [2.24, 2.45) is 45.6 Å². The number of methoxy groups -OCH3 is 2. The molecule has 668 valence electrons. The number of aliphatic hydroxyl groups is 8. The number of hydrogen-bond acceptors (Lipinski definition) is 31. The molecule has 3 aromatic rings. The van der Waals surface area contributed by atoms with Gasteiger partial charge in [0, 0.05) is 82.1 Å². The summed E-state index contributed by atoms with van der Waals surface area (Å²) in [5, 5.41) is 104. The summed E-state index contributed by atoms with van der Waals surface area (Å²) in [6.45, 7) is 25.3. The third-order valence-electron chi connectivity index (χ3n) is 26.1. The van der Waals surface area contributed by atoms with E-state index in [0.717, 1.165) is 13.8 Å². The number of nitrogens with one attached hydrogen (secondary N) is 1. The highest BCUT2D eigenvalue weighted by Crippen LogP contribution is 2.65. The number of carbonyl (C=O) groups is 7. The van der Waals surface area contributed by atoms with Crippen LogP contribution >= 0.6 is 0 Å². The van der Waals surface area contributed by atoms with Gasteiger partial charge < -0.3 is 117 Å². The summed E-state index contributed by atoms with van der Waals surface area (Å²) < 4.78 is 78.4. The van der Waals surface area contributed by atoms with Gasteiger partial charge in [0.2, 0.25) is 6.79 Å². The fraction of sp³-hybridized carbons (Fsp3) is 0.682. The Labute approximate surface area is 702 Å². The summed E-state index contributed by atoms with van der Waals surface area (Å²) in [7, 11) is 6.76. The van der Waals surface area contributed by atoms with Crippen LogP contribution in [0.3, 0.4) is 0 Å². The maximum absolute atomic E-state index is 15.5. The van der Waals surface area contributed by atoms with Gasteiger partial charge in [-0.1, -0.05) is 113 Å². The Morgan fingerprint density at radius 1 is 0.725 bits per heavy atom. The second-order valence-corrected chi connectivity index (χ2v) is 35.1. The number of aliphatic hydroxyl groups excluding tert-OH is 5. The monoisotopic (exact) mass is 1690 g/mol. The molecule has 29 atom stereocenters. The predicted octanol–water partition coefficient (Wildman–Crippen LogP) is 5.95. The molecule has 6 fully saturated rings. The normalized spacial score (nSPS) is 38.6. The van der Waals surface area contributed by atoms with E-state index in [2.05, 4.69) is 10.5 Å². The lowest BCUT2D eigenvalue weighted by molar-refractivity contribution is -0.346. The van der Waals surface area contributed by atoms with E-state index in [-0.39, 0.29) is 80.1 Å². The zero-order valence-electron chi connectivity index (χ0n) is 72.6. The van der Waals surface area contributed by atoms with E-state index in [1.807, 2.05) is 32.8 Å². The van der Waals surface area contributed by atoms with Crippen molar-refractivity contribution in [3.05, 3.63) is 119 Å². The van der Waals surface area contributed by atoms with Gasteiger partial charge in [0.25, 0.3) is 5.91 Å². The Kier molecular flexibility index (Phi) is 31.6. The van der Waals surface area contributed by atoms with Crippen molar-refractivity contribution in [3.8, 4) is 0 Å². The van der Waals surface area contributed by atoms with Crippen LogP contribution in [0.5, 0.6) is 0 Å². The summed E-state index contributed by atoms with van der Waals surface area (Å²) >= 11 is 0. The molecule has 0 aromatic heterocycles. The Balaban J connectivity index is 0.000000274. The van der Waals surface area contributed by atoms with E-state index < -0.39 is 214 Å². The number of oxime groups is 1. The number of esters is 5. The first-order valence-electron chi connectivity index (χ1n) is 41.2. The van der Waals surface area contributed by atoms with Crippen molar-refractivity contribution in [2.45, 2.75) is 287 Å². The number of cyclic esters (lactones) is 1. The minimum absolute atomic E-state index is 0.00289. The Morgan fingerprint density at radius 3 is 1.91 bits per heavy atom. The summed E-state index contributed by atoms with van der Waals surface area (Å²) in [4.78, 5) is 105. The highest BCUT2D eigenvalue weighted by molar-refractivity contribution is 5.96. The number of Topliss-reactive ketones (excluding diaryl/α,β-unsaturated/α-hetero) is 1. The average molecular weight is 1690 g/mol. The number of ketones is 1. The zero-order chi connectivity index (χ0) is 88.9. The molecule has 4 heterocycles. The van der Waals surface area contributed by atoms with Gasteiger partial charge in [-0.15, -0.1) is 0 Å². The van der Waals surface area contributed by atoms with Crippen LogP contribution in [0.2, 0.25) is 0 Å². The lowest BCUT2D eigenvalue weighted by Crippen LogP contribution is -2.82. The van der Waals surface area contributed by atoms with E-state index in [9.17, 15) is 69.6 Å². The smallest absolute Gasteiger partial charge is 0.338 e. The molecule has 9 N–H and O–H groups in total. The summed E-state index contributed by atoms with van der Waals surface area (Å²) in [5.41, 5.74) is -11.5. The molecule has 10 rings (SSSR count). The van der Waals surface area contributed by atoms with Gasteiger partial charge in [-0.05, 0) is 130 Å². The molecular weight excluding hydrogens is 1560 g/mol. The Morgan fingerprint density at radius 2 is 1.34 bits per heavy atom. The Bertz CT molecular complexity index is 4070. The molecule has 0 unspecified atom stereocenters. The molecule has 0 spiro atoms. The van der Waals surface area contributed by atoms with Crippen LogP contribution in [0.15, 0.2) is 107 Å². The number of benzene rings is 3. The van der Waals surface area contributed by atoms with Gasteiger partial charge in [0.1, 0.15) is 47.8 Å². The van der Waals surface area contributed by atoms with E-state index in [0.29, 0.717) is 24.3 Å². The summed E-state index contributed by atoms with van der Waals surface area (Å²) in [5.74, 6) is -11.0. The van der Waals surface area contributed by atoms with Crippen molar-refractivity contribution in [1.82, 2.24) is 10.2 Å². The maximum Gasteiger partial charge on any atom is 0.338 e. The minimum atomic E-state index is -2.39. The van der Waals surface area contributed by atoms with Crippen LogP contribution in [-0.4, -0.2) is 280 Å². The van der Waals surface area contributed by atoms with Crippen LogP contribution in [0.1, 0.15) is 182 Å². The second kappa shape index (κ2) is 39.3. The molecule has 7 aliphatic rings. The standard InChI is InChI=1S/C47H51NO14.C41H76N2O15/c1-25-31(60-43(56)36(52)35(28-16-10-7-11-17-28)48-41(54)29-18-12-8-13-19-29)23-47(57)40(61-42(55)30-20-14-9-15-21-30)38-45(6,32(51)22-33-46(38,24-58-33)62-27(3)50)39(53)37(59-26(2)49)34(25)44(47,4)5;1-15-29-41(10,49)34(45)24(4)31(42-53-21-52-17-16-50-13)22(2)19-39(8,48)36(58-38-32(44)28(43(11)12)18-23(3)54-38)25(5)33(26(6)37(47)56-29)57-30-20-40(9,51-14)35(46)27(7)55-30/h7-21,31-33,35-38,40,51-52,57H,22-24H2,1-6H3,(H,48,54);22-30,32-36,38,44-46,48-49H,15-21H2,1-14H3/b;42-31+/t31-,32-,33+,35-,36+,37+,38-,40-,45+,46-,47+;22-,23-,24+,25+,26-,27+,28+,29-,30+,32-,33+,34-,35+,36-,38+,39-,40-,41-/m01/s1. The van der Waals surface area contributed by atoms with E-state index in [4.69, 9.17) is 66.4 Å². The number of likely N-dealkylation sites (N-methyl/N-ethyl adjacent to an activating group) is 1. The van der Waals surface area contributed by atoms with Gasteiger partial charge in [-0.2, -0.15) is 0 Å². The average Bonchev–Trinajstić information content (AvgIpc) is 0.667. The molecule has 2 bridgehead atoms. The van der Waals surface area contributed by atoms with E-state index >= 15 is 4.79 Å². The molecule has 3 aromatic carbocycles. The first-order valence-corrected chi connectivity index (χ1v) is 41.2. The van der Waals surface area contributed by atoms with E-state index in [1.165, 1.54) is 40.0 Å². The SMILES string of the molecule is CC(=O)O[C@H]1C(=O)[C@@]2(C)[C@H]([C@H](OC(=O)c3ccccc3)[C@]3(O)C[C@H](OC(=O)[C@H](O)[C@@H](NC(=O)c4ccccc4)c4ccccc4)C(C)=C1C3(C)C)[C@]1(OC(C)=O)CO[C@@H]1C[C@@H]2O.CC[C@H]1OC(=O)[C@H](C)[C@@H](O[C@H]2C[C@@](C)(OC)[C@@H](O)[C@H](C)O2)[C@H](C)[C@@H](O[C@@H]2O[C@H](C)C[C@H](N(C)C)[C@H]2O)[C@](C)(O)C[C@@H](C)/C(=N\OCOCCOC)[C@H](C)[C@@H](O)[C@]1(C)O. The fourth-order valence-electron chi connectivity index (χ4n) is 19.1. The number of amides is 1. The third kappa shape index (κ3) is 19.9. The number of nitrogens with zero attached hydrogens (tertiary/aromatic N) is 2. The molecule has 2 saturated carbocycles. The third-order valence-corrected chi connectivity index (χ3v) is 26.1. The molecule has 4 saturated heterocycles. The van der Waals surface area contributed by atoms with Crippen LogP contribution in [-0.2, 0) is 90.4 Å². The number of rotatable bonds is 23. The first kappa shape index (κ1) is 96.5. The fourth-order valence-corrected chi connectivity index (χ4v) is 19.1. The number of ether oxygens (including phenoxy) is 13. The molecule has 1 amide bonds. The molecule has 3 aliphatic carbocycles. The van der Waals surface area contributed by atoms with Crippen LogP contribution in [0.4, 0.5) is 0 Å². The minimum Gasteiger partial charge on any atom is -0.459 e. The second-order valence-electron chi connectivity index (χ2n) is 35.1. The summed E-state index contributed by atoms with van der Waals surface area (Å²) in [6, 6.07) is 22.6. The highest BCUT2D eigenvalue weighted by Gasteiger charge is 2.79. The van der Waals surface area contributed by atoms with Crippen molar-refractivity contribution >= 4 is 47.2 Å². The number of hydrogen-bond donors (Lipinski definition) is 9. The van der Waals surface area contributed by atoms with E-state index in [1.54, 1.807) is 148 Å². The zero-order valence-corrected chi connectivity index (χ0v) is 72.6. The molecule has 120 heavy (non-hydrogen) atoms. The van der Waals surface area contributed by atoms with Crippen molar-refractivity contribution in [1.29, 1.82) is 0 Å². The number of fused-ring (bicyclic) bond motifs is 5. The molecule has 32 nitrogen and oxygen atoms in total. The molecule has 32 heteroatoms. The van der Waals surface area contributed by atoms with Crippen molar-refractivity contribution in [3.63, 3.8) is 0 Å². The topological polar surface area (TPSA) is 438 Å². The van der Waals surface area contributed by atoms with Crippen LogP contribution in [0.25, 0.3) is 0 Å². The van der Waals surface area contributed by atoms with Crippen LogP contribution in [0, 0.1) is 40.4 Å². The first-order chi connectivity index (χ1) is 56.2.